The number of rotatable bonds is 1. The zero-order valence-corrected chi connectivity index (χ0v) is 19.1. The molecule has 2 heterocycles. The van der Waals surface area contributed by atoms with Gasteiger partial charge in [0.1, 0.15) is 0 Å². The third kappa shape index (κ3) is 2.38. The van der Waals surface area contributed by atoms with Crippen molar-refractivity contribution in [1.29, 1.82) is 0 Å². The summed E-state index contributed by atoms with van der Waals surface area (Å²) >= 11 is 1.91. The fraction of sp³-hybridized carbons (Fsp3) is 0. The van der Waals surface area contributed by atoms with Gasteiger partial charge in [0.05, 0.1) is 11.0 Å². The smallest absolute Gasteiger partial charge is 0.0633 e. The predicted octanol–water partition coefficient (Wildman–Crippen LogP) is 9.46. The van der Waals surface area contributed by atoms with Gasteiger partial charge in [-0.1, -0.05) is 91.0 Å². The minimum absolute atomic E-state index is 1.20. The molecule has 0 radical (unpaired) electrons. The fourth-order valence-electron chi connectivity index (χ4n) is 5.62. The molecule has 158 valence electrons. The van der Waals surface area contributed by atoms with Crippen LogP contribution in [-0.2, 0) is 0 Å². The highest BCUT2D eigenvalue weighted by molar-refractivity contribution is 7.26. The van der Waals surface area contributed by atoms with E-state index in [0.29, 0.717) is 0 Å². The van der Waals surface area contributed by atoms with E-state index in [4.69, 9.17) is 0 Å². The third-order valence-corrected chi connectivity index (χ3v) is 8.35. The van der Waals surface area contributed by atoms with Crippen LogP contribution in [0.15, 0.2) is 115 Å². The van der Waals surface area contributed by atoms with Gasteiger partial charge in [0, 0.05) is 42.0 Å². The van der Waals surface area contributed by atoms with Gasteiger partial charge >= 0.3 is 0 Å². The van der Waals surface area contributed by atoms with Crippen LogP contribution in [0.25, 0.3) is 69.2 Å². The number of thiophene rings is 1. The van der Waals surface area contributed by atoms with E-state index >= 15 is 0 Å². The van der Waals surface area contributed by atoms with E-state index in [0.717, 1.165) is 0 Å². The van der Waals surface area contributed by atoms with Gasteiger partial charge in [-0.2, -0.15) is 0 Å². The molecule has 8 rings (SSSR count). The first-order valence-electron chi connectivity index (χ1n) is 11.6. The lowest BCUT2D eigenvalue weighted by Crippen LogP contribution is -1.94. The van der Waals surface area contributed by atoms with Crippen LogP contribution in [0.3, 0.4) is 0 Å². The number of hydrogen-bond donors (Lipinski definition) is 0. The van der Waals surface area contributed by atoms with Crippen LogP contribution in [0.1, 0.15) is 0 Å². The van der Waals surface area contributed by atoms with E-state index in [1.54, 1.807) is 0 Å². The third-order valence-electron chi connectivity index (χ3n) is 7.15. The molecular formula is C32H19NS. The maximum atomic E-state index is 2.48. The number of para-hydroxylation sites is 1. The maximum absolute atomic E-state index is 2.48. The average Bonchev–Trinajstić information content (AvgIpc) is 3.44. The Bertz CT molecular complexity index is 2070. The monoisotopic (exact) mass is 449 g/mol. The topological polar surface area (TPSA) is 4.93 Å². The van der Waals surface area contributed by atoms with Gasteiger partial charge in [-0.3, -0.25) is 0 Å². The standard InChI is InChI=1S/C32H19NS/c1-2-8-22-19-23(16-13-20(22)7-1)33-28-11-5-3-9-24(28)26-17-14-21-15-18-27-25-10-4-6-12-29(25)34-32(27)30(21)31(26)33/h1-19H. The van der Waals surface area contributed by atoms with Crippen molar-refractivity contribution < 1.29 is 0 Å². The molecule has 34 heavy (non-hydrogen) atoms. The zero-order chi connectivity index (χ0) is 22.2. The SMILES string of the molecule is c1ccc2cc(-n3c4ccccc4c4ccc5ccc6c7ccccc7sc6c5c43)ccc2c1. The molecule has 0 aliphatic rings. The van der Waals surface area contributed by atoms with Gasteiger partial charge < -0.3 is 4.57 Å². The first kappa shape index (κ1) is 18.3. The summed E-state index contributed by atoms with van der Waals surface area (Å²) < 4.78 is 5.19. The Labute approximate surface area is 200 Å². The summed E-state index contributed by atoms with van der Waals surface area (Å²) in [5.41, 5.74) is 3.75. The van der Waals surface area contributed by atoms with E-state index in [9.17, 15) is 0 Å². The van der Waals surface area contributed by atoms with Gasteiger partial charge in [0.2, 0.25) is 0 Å². The molecule has 2 aromatic heterocycles. The molecule has 8 aromatic rings. The molecule has 2 heteroatoms. The van der Waals surface area contributed by atoms with Gasteiger partial charge in [-0.25, -0.2) is 0 Å². The summed E-state index contributed by atoms with van der Waals surface area (Å²) in [6, 6.07) is 42.2. The Morgan fingerprint density at radius 3 is 2.12 bits per heavy atom. The Kier molecular flexibility index (Phi) is 3.60. The van der Waals surface area contributed by atoms with Gasteiger partial charge in [-0.15, -0.1) is 11.3 Å². The summed E-state index contributed by atoms with van der Waals surface area (Å²) in [7, 11) is 0. The lowest BCUT2D eigenvalue weighted by Gasteiger charge is -2.11. The summed E-state index contributed by atoms with van der Waals surface area (Å²) in [5, 5.41) is 10.5. The highest BCUT2D eigenvalue weighted by Crippen LogP contribution is 2.44. The van der Waals surface area contributed by atoms with Gasteiger partial charge in [0.15, 0.2) is 0 Å². The Morgan fingerprint density at radius 2 is 1.21 bits per heavy atom. The second-order valence-corrected chi connectivity index (χ2v) is 10.0. The zero-order valence-electron chi connectivity index (χ0n) is 18.3. The van der Waals surface area contributed by atoms with Crippen molar-refractivity contribution in [2.45, 2.75) is 0 Å². The summed E-state index contributed by atoms with van der Waals surface area (Å²) in [6.45, 7) is 0. The first-order chi connectivity index (χ1) is 16.9. The van der Waals surface area contributed by atoms with E-state index in [-0.39, 0.29) is 0 Å². The number of fused-ring (bicyclic) bond motifs is 10. The first-order valence-corrected chi connectivity index (χ1v) is 12.4. The molecule has 0 N–H and O–H groups in total. The van der Waals surface area contributed by atoms with Crippen molar-refractivity contribution in [2.24, 2.45) is 0 Å². The molecular weight excluding hydrogens is 430 g/mol. The predicted molar refractivity (Wildman–Crippen MR) is 149 cm³/mol. The number of aromatic nitrogens is 1. The molecule has 0 amide bonds. The molecule has 0 unspecified atom stereocenters. The largest absolute Gasteiger partial charge is 0.309 e. The summed E-state index contributed by atoms with van der Waals surface area (Å²) in [6.07, 6.45) is 0. The van der Waals surface area contributed by atoms with Crippen LogP contribution in [0.2, 0.25) is 0 Å². The lowest BCUT2D eigenvalue weighted by atomic mass is 10.0. The molecule has 0 aliphatic carbocycles. The van der Waals surface area contributed by atoms with Crippen molar-refractivity contribution >= 4 is 74.9 Å². The van der Waals surface area contributed by atoms with Crippen molar-refractivity contribution in [2.75, 3.05) is 0 Å². The Balaban J connectivity index is 1.63. The minimum atomic E-state index is 1.20. The molecule has 0 saturated carbocycles. The number of benzene rings is 6. The van der Waals surface area contributed by atoms with Crippen LogP contribution < -0.4 is 0 Å². The van der Waals surface area contributed by atoms with E-state index in [2.05, 4.69) is 120 Å². The highest BCUT2D eigenvalue weighted by atomic mass is 32.1. The second kappa shape index (κ2) is 6.69. The van der Waals surface area contributed by atoms with E-state index in [1.807, 2.05) is 11.3 Å². The lowest BCUT2D eigenvalue weighted by molar-refractivity contribution is 1.19. The number of nitrogens with zero attached hydrogens (tertiary/aromatic N) is 1. The van der Waals surface area contributed by atoms with Crippen LogP contribution in [0.5, 0.6) is 0 Å². The minimum Gasteiger partial charge on any atom is -0.309 e. The van der Waals surface area contributed by atoms with Crippen LogP contribution in [0, 0.1) is 0 Å². The molecule has 0 bridgehead atoms. The van der Waals surface area contributed by atoms with Crippen LogP contribution in [-0.4, -0.2) is 4.57 Å². The van der Waals surface area contributed by atoms with Crippen LogP contribution >= 0.6 is 11.3 Å². The van der Waals surface area contributed by atoms with Crippen molar-refractivity contribution in [3.8, 4) is 5.69 Å². The van der Waals surface area contributed by atoms with Gasteiger partial charge in [0.25, 0.3) is 0 Å². The Morgan fingerprint density at radius 1 is 0.500 bits per heavy atom. The van der Waals surface area contributed by atoms with Crippen molar-refractivity contribution in [3.63, 3.8) is 0 Å². The van der Waals surface area contributed by atoms with E-state index in [1.165, 1.54) is 69.2 Å². The van der Waals surface area contributed by atoms with Crippen molar-refractivity contribution in [3.05, 3.63) is 115 Å². The molecule has 0 fully saturated rings. The molecule has 0 spiro atoms. The molecule has 0 aliphatic heterocycles. The molecule has 6 aromatic carbocycles. The van der Waals surface area contributed by atoms with E-state index < -0.39 is 0 Å². The molecule has 0 atom stereocenters. The Hall–Kier alpha value is -4.14. The second-order valence-electron chi connectivity index (χ2n) is 8.98. The highest BCUT2D eigenvalue weighted by Gasteiger charge is 2.18. The van der Waals surface area contributed by atoms with Crippen molar-refractivity contribution in [1.82, 2.24) is 4.57 Å². The average molecular weight is 450 g/mol. The maximum Gasteiger partial charge on any atom is 0.0633 e. The summed E-state index contributed by atoms with van der Waals surface area (Å²) in [5.74, 6) is 0. The fourth-order valence-corrected chi connectivity index (χ4v) is 6.88. The van der Waals surface area contributed by atoms with Crippen LogP contribution in [0.4, 0.5) is 0 Å². The summed E-state index contributed by atoms with van der Waals surface area (Å²) in [4.78, 5) is 0. The number of hydrogen-bond acceptors (Lipinski definition) is 1. The quantitative estimate of drug-likeness (QED) is 0.235. The van der Waals surface area contributed by atoms with Gasteiger partial charge in [-0.05, 0) is 40.4 Å². The molecule has 0 saturated heterocycles. The molecule has 1 nitrogen and oxygen atoms in total. The normalized spacial score (nSPS) is 12.1.